The molecule has 0 fully saturated rings. The van der Waals surface area contributed by atoms with Crippen LogP contribution in [-0.4, -0.2) is 23.9 Å². The summed E-state index contributed by atoms with van der Waals surface area (Å²) in [5, 5.41) is 16.2. The van der Waals surface area contributed by atoms with Crippen LogP contribution in [0.2, 0.25) is 19.6 Å². The summed E-state index contributed by atoms with van der Waals surface area (Å²) in [6, 6.07) is 18.8. The van der Waals surface area contributed by atoms with Gasteiger partial charge in [0.25, 0.3) is 0 Å². The first kappa shape index (κ1) is 38.7. The minimum Gasteiger partial charge on any atom is -0.512 e. The van der Waals surface area contributed by atoms with E-state index in [9.17, 15) is 9.90 Å². The molecule has 0 saturated carbocycles. The van der Waals surface area contributed by atoms with Gasteiger partial charge in [-0.2, -0.15) is 0 Å². The predicted octanol–water partition coefficient (Wildman–Crippen LogP) is 11.4. The second-order valence-corrected chi connectivity index (χ2v) is 20.0. The fourth-order valence-corrected chi connectivity index (χ4v) is 7.14. The van der Waals surface area contributed by atoms with Gasteiger partial charge in [0.1, 0.15) is 11.5 Å². The van der Waals surface area contributed by atoms with Crippen LogP contribution in [0.5, 0.6) is 11.5 Å². The number of aliphatic hydroxyl groups is 1. The summed E-state index contributed by atoms with van der Waals surface area (Å²) in [6.07, 6.45) is 7.65. The number of aliphatic hydroxyl groups excluding tert-OH is 1. The van der Waals surface area contributed by atoms with E-state index in [0.29, 0.717) is 5.92 Å². The molecular formula is C41H54IrNO3Si-. The molecule has 255 valence electrons. The Kier molecular flexibility index (Phi) is 12.5. The van der Waals surface area contributed by atoms with Crippen LogP contribution in [-0.2, 0) is 31.3 Å². The number of ketones is 1. The molecule has 0 amide bonds. The number of benzene rings is 3. The molecule has 0 saturated heterocycles. The van der Waals surface area contributed by atoms with Crippen LogP contribution in [0.15, 0.2) is 60.5 Å². The van der Waals surface area contributed by atoms with Crippen molar-refractivity contribution >= 4 is 40.6 Å². The van der Waals surface area contributed by atoms with E-state index < -0.39 is 8.07 Å². The molecule has 1 radical (unpaired) electrons. The zero-order valence-corrected chi connectivity index (χ0v) is 33.7. The summed E-state index contributed by atoms with van der Waals surface area (Å²) >= 11 is 0. The Morgan fingerprint density at radius 3 is 2.17 bits per heavy atom. The van der Waals surface area contributed by atoms with Gasteiger partial charge in [-0.25, -0.2) is 0 Å². The van der Waals surface area contributed by atoms with Crippen LogP contribution < -0.4 is 9.92 Å². The number of allylic oxidation sites excluding steroid dienone is 2. The number of carbonyl (C=O) groups is 1. The zero-order chi connectivity index (χ0) is 34.0. The SMILES string of the molecule is CC(C)Cc1c2c([c-]c3ccccc13)-c1nccc3cc([Si](C)(C)C)cc(c13)O2.CCC(C)(CC)C(=O)/C=C(\O)C(C)(CC)CC.[Ir]. The van der Waals surface area contributed by atoms with Crippen LogP contribution in [0, 0.1) is 22.8 Å². The van der Waals surface area contributed by atoms with Gasteiger partial charge >= 0.3 is 0 Å². The van der Waals surface area contributed by atoms with Gasteiger partial charge in [0.05, 0.1) is 13.8 Å². The molecular weight excluding hydrogens is 775 g/mol. The van der Waals surface area contributed by atoms with Crippen molar-refractivity contribution in [1.29, 1.82) is 0 Å². The molecule has 0 spiro atoms. The molecule has 4 nitrogen and oxygen atoms in total. The first-order valence-electron chi connectivity index (χ1n) is 17.2. The minimum atomic E-state index is -1.47. The summed E-state index contributed by atoms with van der Waals surface area (Å²) < 4.78 is 6.68. The van der Waals surface area contributed by atoms with Crippen molar-refractivity contribution in [3.63, 3.8) is 0 Å². The van der Waals surface area contributed by atoms with Crippen molar-refractivity contribution in [2.75, 3.05) is 0 Å². The van der Waals surface area contributed by atoms with Gasteiger partial charge in [0, 0.05) is 54.3 Å². The Balaban J connectivity index is 0.000000290. The number of fused-ring (bicyclic) bond motifs is 3. The normalized spacial score (nSPS) is 13.1. The van der Waals surface area contributed by atoms with E-state index in [4.69, 9.17) is 9.72 Å². The third-order valence-corrected chi connectivity index (χ3v) is 12.4. The molecule has 0 aliphatic carbocycles. The van der Waals surface area contributed by atoms with Crippen molar-refractivity contribution in [2.45, 2.75) is 107 Å². The van der Waals surface area contributed by atoms with Crippen molar-refractivity contribution in [1.82, 2.24) is 4.98 Å². The maximum absolute atomic E-state index is 12.2. The third kappa shape index (κ3) is 7.93. The van der Waals surface area contributed by atoms with E-state index in [-0.39, 0.29) is 42.5 Å². The molecule has 0 bridgehead atoms. The van der Waals surface area contributed by atoms with E-state index in [1.807, 2.05) is 47.7 Å². The maximum Gasteiger partial charge on any atom is 0.164 e. The zero-order valence-electron chi connectivity index (χ0n) is 30.4. The quantitative estimate of drug-likeness (QED) is 0.0659. The fourth-order valence-electron chi connectivity index (χ4n) is 5.99. The van der Waals surface area contributed by atoms with Gasteiger partial charge in [-0.1, -0.05) is 121 Å². The average molecular weight is 829 g/mol. The van der Waals surface area contributed by atoms with E-state index in [2.05, 4.69) is 82.0 Å². The Hall–Kier alpha value is -2.79. The second kappa shape index (κ2) is 15.2. The molecule has 1 aromatic heterocycles. The standard InChI is InChI=1S/C26H26NOSi.C15H28O2.Ir/c1-16(2)12-21-20-9-7-6-8-17(20)14-22-25-24-18(10-11-27-25)13-19(29(3,4)5)15-23(24)28-26(21)22;1-7-14(5,8-2)12(16)11-13(17)15(6,9-3)10-4;/h6-11,13,15-16H,12H2,1-5H3;11,16H,7-10H2,1-6H3;/q-1;;/b;12-11-;. The number of hydrogen-bond donors (Lipinski definition) is 1. The van der Waals surface area contributed by atoms with E-state index in [1.165, 1.54) is 27.6 Å². The van der Waals surface area contributed by atoms with Crippen LogP contribution in [0.4, 0.5) is 0 Å². The summed E-state index contributed by atoms with van der Waals surface area (Å²) in [5.74, 6) is 2.71. The van der Waals surface area contributed by atoms with Crippen molar-refractivity contribution in [2.24, 2.45) is 16.7 Å². The van der Waals surface area contributed by atoms with Crippen LogP contribution >= 0.6 is 0 Å². The summed E-state index contributed by atoms with van der Waals surface area (Å²) in [5.41, 5.74) is 2.66. The molecule has 47 heavy (non-hydrogen) atoms. The Labute approximate surface area is 297 Å². The second-order valence-electron chi connectivity index (χ2n) is 15.0. The minimum absolute atomic E-state index is 0. The molecule has 3 aromatic carbocycles. The molecule has 4 aromatic rings. The molecule has 1 aliphatic rings. The van der Waals surface area contributed by atoms with Gasteiger partial charge in [0.2, 0.25) is 0 Å². The molecule has 0 atom stereocenters. The van der Waals surface area contributed by atoms with Crippen molar-refractivity contribution in [3.05, 3.63) is 72.1 Å². The third-order valence-electron chi connectivity index (χ3n) is 10.4. The molecule has 2 heterocycles. The summed E-state index contributed by atoms with van der Waals surface area (Å²) in [6.45, 7) is 23.7. The summed E-state index contributed by atoms with van der Waals surface area (Å²) in [7, 11) is -1.47. The van der Waals surface area contributed by atoms with Crippen LogP contribution in [0.25, 0.3) is 32.8 Å². The topological polar surface area (TPSA) is 59.4 Å². The first-order valence-corrected chi connectivity index (χ1v) is 20.7. The predicted molar refractivity (Wildman–Crippen MR) is 198 cm³/mol. The monoisotopic (exact) mass is 829 g/mol. The smallest absolute Gasteiger partial charge is 0.164 e. The largest absolute Gasteiger partial charge is 0.512 e. The Morgan fingerprint density at radius 1 is 0.979 bits per heavy atom. The van der Waals surface area contributed by atoms with Gasteiger partial charge in [-0.15, -0.1) is 17.5 Å². The van der Waals surface area contributed by atoms with Crippen LogP contribution in [0.1, 0.15) is 86.6 Å². The van der Waals surface area contributed by atoms with Gasteiger partial charge in [0.15, 0.2) is 5.78 Å². The average Bonchev–Trinajstić information content (AvgIpc) is 3.03. The molecule has 1 N–H and O–H groups in total. The van der Waals surface area contributed by atoms with Gasteiger partial charge in [-0.05, 0) is 55.5 Å². The van der Waals surface area contributed by atoms with Gasteiger partial charge in [-0.3, -0.25) is 9.78 Å². The van der Waals surface area contributed by atoms with Gasteiger partial charge < -0.3 is 9.84 Å². The number of nitrogens with zero attached hydrogens (tertiary/aromatic N) is 1. The number of rotatable bonds is 10. The van der Waals surface area contributed by atoms with E-state index >= 15 is 0 Å². The molecule has 5 rings (SSSR count). The number of pyridine rings is 1. The number of aromatic nitrogens is 1. The molecule has 0 unspecified atom stereocenters. The van der Waals surface area contributed by atoms with E-state index in [1.54, 1.807) is 0 Å². The number of carbonyl (C=O) groups excluding carboxylic acids is 1. The van der Waals surface area contributed by atoms with E-state index in [0.717, 1.165) is 65.6 Å². The van der Waals surface area contributed by atoms with Crippen LogP contribution in [0.3, 0.4) is 0 Å². The molecule has 6 heteroatoms. The van der Waals surface area contributed by atoms with Crippen molar-refractivity contribution in [3.8, 4) is 22.8 Å². The van der Waals surface area contributed by atoms with Crippen molar-refractivity contribution < 1.29 is 34.7 Å². The summed E-state index contributed by atoms with van der Waals surface area (Å²) in [4.78, 5) is 17.0. The Bertz CT molecular complexity index is 1760. The fraction of sp³-hybridized carbons (Fsp3) is 0.463. The first-order chi connectivity index (χ1) is 21.6. The Morgan fingerprint density at radius 2 is 1.60 bits per heavy atom. The number of hydrogen-bond acceptors (Lipinski definition) is 4. The molecule has 1 aliphatic heterocycles. The maximum atomic E-state index is 12.2. The number of ether oxygens (including phenoxy) is 1.